The van der Waals surface area contributed by atoms with Crippen molar-refractivity contribution >= 4 is 29.1 Å². The van der Waals surface area contributed by atoms with Crippen LogP contribution in [-0.4, -0.2) is 30.4 Å². The van der Waals surface area contributed by atoms with Gasteiger partial charge >= 0.3 is 0 Å². The van der Waals surface area contributed by atoms with Crippen LogP contribution < -0.4 is 5.32 Å². The first-order chi connectivity index (χ1) is 9.99. The van der Waals surface area contributed by atoms with Gasteiger partial charge in [0.15, 0.2) is 0 Å². The molecule has 0 aromatic heterocycles. The number of likely N-dealkylation sites (N-methyl/N-ethyl adjacent to an activating group) is 1. The van der Waals surface area contributed by atoms with Crippen molar-refractivity contribution in [2.24, 2.45) is 5.92 Å². The van der Waals surface area contributed by atoms with Crippen LogP contribution >= 0.6 is 23.2 Å². The molecule has 0 spiro atoms. The summed E-state index contributed by atoms with van der Waals surface area (Å²) in [5, 5.41) is 4.19. The lowest BCUT2D eigenvalue weighted by atomic mass is 10.1. The summed E-state index contributed by atoms with van der Waals surface area (Å²) in [4.78, 5) is 14.4. The normalized spacial score (nSPS) is 16.0. The number of nitrogens with zero attached hydrogens (tertiary/aromatic N) is 1. The van der Waals surface area contributed by atoms with Crippen molar-refractivity contribution in [2.45, 2.75) is 32.7 Å². The van der Waals surface area contributed by atoms with Crippen LogP contribution in [0.3, 0.4) is 0 Å². The molecular weight excluding hydrogens is 307 g/mol. The second-order valence-electron chi connectivity index (χ2n) is 5.73. The predicted molar refractivity (Wildman–Crippen MR) is 87.9 cm³/mol. The number of rotatable bonds is 7. The van der Waals surface area contributed by atoms with Gasteiger partial charge in [-0.3, -0.25) is 9.69 Å². The Kier molecular flexibility index (Phi) is 5.91. The zero-order valence-electron chi connectivity index (χ0n) is 12.5. The van der Waals surface area contributed by atoms with Crippen LogP contribution in [0.2, 0.25) is 10.0 Å². The maximum Gasteiger partial charge on any atom is 0.234 e. The zero-order chi connectivity index (χ0) is 15.4. The van der Waals surface area contributed by atoms with E-state index >= 15 is 0 Å². The van der Waals surface area contributed by atoms with Gasteiger partial charge in [-0.25, -0.2) is 0 Å². The van der Waals surface area contributed by atoms with Gasteiger partial charge in [0.25, 0.3) is 0 Å². The number of nitrogens with one attached hydrogen (secondary N) is 1. The highest BCUT2D eigenvalue weighted by atomic mass is 35.5. The monoisotopic (exact) mass is 328 g/mol. The number of halogens is 2. The first-order valence-corrected chi connectivity index (χ1v) is 8.21. The largest absolute Gasteiger partial charge is 0.348 e. The second kappa shape index (κ2) is 7.48. The fourth-order valence-electron chi connectivity index (χ4n) is 2.39. The molecule has 1 unspecified atom stereocenters. The SMILES string of the molecule is CCN(CC(=O)NC(C)c1ccc(Cl)cc1Cl)CC1CC1. The van der Waals surface area contributed by atoms with Crippen molar-refractivity contribution in [3.8, 4) is 0 Å². The van der Waals surface area contributed by atoms with E-state index in [0.29, 0.717) is 16.6 Å². The van der Waals surface area contributed by atoms with Crippen LogP contribution in [0.25, 0.3) is 0 Å². The van der Waals surface area contributed by atoms with Gasteiger partial charge in [-0.2, -0.15) is 0 Å². The lowest BCUT2D eigenvalue weighted by molar-refractivity contribution is -0.122. The maximum atomic E-state index is 12.2. The van der Waals surface area contributed by atoms with Crippen molar-refractivity contribution in [1.82, 2.24) is 10.2 Å². The first kappa shape index (κ1) is 16.6. The predicted octanol–water partition coefficient (Wildman–Crippen LogP) is 3.90. The summed E-state index contributed by atoms with van der Waals surface area (Å²) in [7, 11) is 0. The molecule has 0 aliphatic heterocycles. The number of carbonyl (C=O) groups excluding carboxylic acids is 1. The number of benzene rings is 1. The molecular formula is C16H22Cl2N2O. The summed E-state index contributed by atoms with van der Waals surface area (Å²) in [6.07, 6.45) is 2.60. The molecule has 1 saturated carbocycles. The van der Waals surface area contributed by atoms with Crippen molar-refractivity contribution in [2.75, 3.05) is 19.6 Å². The van der Waals surface area contributed by atoms with E-state index in [1.165, 1.54) is 12.8 Å². The summed E-state index contributed by atoms with van der Waals surface area (Å²) >= 11 is 12.1. The van der Waals surface area contributed by atoms with Crippen LogP contribution in [0.4, 0.5) is 0 Å². The Morgan fingerprint density at radius 2 is 2.14 bits per heavy atom. The molecule has 0 saturated heterocycles. The molecule has 1 amide bonds. The zero-order valence-corrected chi connectivity index (χ0v) is 14.0. The Hall–Kier alpha value is -0.770. The van der Waals surface area contributed by atoms with E-state index in [1.807, 2.05) is 13.0 Å². The van der Waals surface area contributed by atoms with Gasteiger partial charge < -0.3 is 5.32 Å². The molecule has 1 aromatic rings. The Morgan fingerprint density at radius 1 is 1.43 bits per heavy atom. The number of carbonyl (C=O) groups is 1. The quantitative estimate of drug-likeness (QED) is 0.823. The minimum atomic E-state index is -0.123. The van der Waals surface area contributed by atoms with Crippen molar-refractivity contribution in [3.05, 3.63) is 33.8 Å². The average molecular weight is 329 g/mol. The standard InChI is InChI=1S/C16H22Cl2N2O/c1-3-20(9-12-4-5-12)10-16(21)19-11(2)14-7-6-13(17)8-15(14)18/h6-8,11-12H,3-5,9-10H2,1-2H3,(H,19,21). The van der Waals surface area contributed by atoms with Gasteiger partial charge in [0.1, 0.15) is 0 Å². The lowest BCUT2D eigenvalue weighted by Crippen LogP contribution is -2.39. The van der Waals surface area contributed by atoms with Crippen LogP contribution in [0.15, 0.2) is 18.2 Å². The third-order valence-electron chi connectivity index (χ3n) is 3.83. The summed E-state index contributed by atoms with van der Waals surface area (Å²) in [6.45, 7) is 6.40. The lowest BCUT2D eigenvalue weighted by Gasteiger charge is -2.22. The Labute approximate surface area is 136 Å². The topological polar surface area (TPSA) is 32.3 Å². The molecule has 5 heteroatoms. The molecule has 0 heterocycles. The fraction of sp³-hybridized carbons (Fsp3) is 0.562. The Bertz CT molecular complexity index is 503. The van der Waals surface area contributed by atoms with Crippen molar-refractivity contribution in [3.63, 3.8) is 0 Å². The Balaban J connectivity index is 1.88. The van der Waals surface area contributed by atoms with Crippen LogP contribution in [0, 0.1) is 5.92 Å². The molecule has 0 radical (unpaired) electrons. The van der Waals surface area contributed by atoms with E-state index in [1.54, 1.807) is 12.1 Å². The summed E-state index contributed by atoms with van der Waals surface area (Å²) in [6, 6.07) is 5.22. The van der Waals surface area contributed by atoms with E-state index in [0.717, 1.165) is 24.6 Å². The summed E-state index contributed by atoms with van der Waals surface area (Å²) in [5.74, 6) is 0.830. The molecule has 1 atom stereocenters. The molecule has 3 nitrogen and oxygen atoms in total. The van der Waals surface area contributed by atoms with E-state index < -0.39 is 0 Å². The number of amides is 1. The minimum absolute atomic E-state index is 0.0380. The van der Waals surface area contributed by atoms with E-state index in [9.17, 15) is 4.79 Å². The van der Waals surface area contributed by atoms with Crippen molar-refractivity contribution in [1.29, 1.82) is 0 Å². The molecule has 2 rings (SSSR count). The Morgan fingerprint density at radius 3 is 2.71 bits per heavy atom. The highest BCUT2D eigenvalue weighted by Crippen LogP contribution is 2.29. The van der Waals surface area contributed by atoms with Gasteiger partial charge in [0, 0.05) is 16.6 Å². The van der Waals surface area contributed by atoms with Crippen LogP contribution in [0.5, 0.6) is 0 Å². The van der Waals surface area contributed by atoms with Gasteiger partial charge in [-0.05, 0) is 49.9 Å². The summed E-state index contributed by atoms with van der Waals surface area (Å²) < 4.78 is 0. The highest BCUT2D eigenvalue weighted by molar-refractivity contribution is 6.35. The van der Waals surface area contributed by atoms with E-state index in [2.05, 4.69) is 17.1 Å². The van der Waals surface area contributed by atoms with Crippen LogP contribution in [-0.2, 0) is 4.79 Å². The van der Waals surface area contributed by atoms with Crippen LogP contribution in [0.1, 0.15) is 38.3 Å². The molecule has 0 bridgehead atoms. The van der Waals surface area contributed by atoms with Gasteiger partial charge in [-0.15, -0.1) is 0 Å². The second-order valence-corrected chi connectivity index (χ2v) is 6.57. The molecule has 1 N–H and O–H groups in total. The fourth-order valence-corrected chi connectivity index (χ4v) is 2.96. The van der Waals surface area contributed by atoms with Gasteiger partial charge in [0.05, 0.1) is 12.6 Å². The minimum Gasteiger partial charge on any atom is -0.348 e. The molecule has 1 aliphatic carbocycles. The third-order valence-corrected chi connectivity index (χ3v) is 4.40. The number of hydrogen-bond donors (Lipinski definition) is 1. The molecule has 1 aromatic carbocycles. The van der Waals surface area contributed by atoms with E-state index in [-0.39, 0.29) is 11.9 Å². The molecule has 21 heavy (non-hydrogen) atoms. The van der Waals surface area contributed by atoms with Crippen molar-refractivity contribution < 1.29 is 4.79 Å². The molecule has 1 aliphatic rings. The summed E-state index contributed by atoms with van der Waals surface area (Å²) in [5.41, 5.74) is 0.889. The third kappa shape index (κ3) is 5.17. The maximum absolute atomic E-state index is 12.2. The molecule has 116 valence electrons. The first-order valence-electron chi connectivity index (χ1n) is 7.46. The number of hydrogen-bond acceptors (Lipinski definition) is 2. The highest BCUT2D eigenvalue weighted by Gasteiger charge is 2.24. The average Bonchev–Trinajstić information content (AvgIpc) is 3.21. The smallest absolute Gasteiger partial charge is 0.234 e. The van der Waals surface area contributed by atoms with Gasteiger partial charge in [-0.1, -0.05) is 36.2 Å². The van der Waals surface area contributed by atoms with Gasteiger partial charge in [0.2, 0.25) is 5.91 Å². The van der Waals surface area contributed by atoms with E-state index in [4.69, 9.17) is 23.2 Å². The molecule has 1 fully saturated rings.